The van der Waals surface area contributed by atoms with Gasteiger partial charge in [0.1, 0.15) is 0 Å². The molecule has 0 N–H and O–H groups in total. The average molecular weight is 260 g/mol. The zero-order chi connectivity index (χ0) is 13.8. The summed E-state index contributed by atoms with van der Waals surface area (Å²) in [5.41, 5.74) is 1.34. The minimum absolute atomic E-state index is 1.20. The summed E-state index contributed by atoms with van der Waals surface area (Å²) in [5.74, 6) is 0. The van der Waals surface area contributed by atoms with Gasteiger partial charge in [0.2, 0.25) is 0 Å². The summed E-state index contributed by atoms with van der Waals surface area (Å²) in [6, 6.07) is 11.6. The molecular formula is C18H30N. The Kier molecular flexibility index (Phi) is 9.22. The molecule has 1 aromatic rings. The SMILES string of the molecule is CCCCCCN(CCCCCC)c1c[c]ccc1. The second-order valence-corrected chi connectivity index (χ2v) is 5.37. The van der Waals surface area contributed by atoms with E-state index < -0.39 is 0 Å². The van der Waals surface area contributed by atoms with E-state index in [1.807, 2.05) is 6.07 Å². The maximum atomic E-state index is 3.20. The van der Waals surface area contributed by atoms with Gasteiger partial charge in [0.25, 0.3) is 0 Å². The first-order valence-corrected chi connectivity index (χ1v) is 8.09. The van der Waals surface area contributed by atoms with Gasteiger partial charge < -0.3 is 4.90 Å². The number of nitrogens with zero attached hydrogens (tertiary/aromatic N) is 1. The third-order valence-electron chi connectivity index (χ3n) is 3.62. The van der Waals surface area contributed by atoms with Crippen LogP contribution in [0.15, 0.2) is 24.3 Å². The predicted molar refractivity (Wildman–Crippen MR) is 85.8 cm³/mol. The monoisotopic (exact) mass is 260 g/mol. The van der Waals surface area contributed by atoms with Crippen molar-refractivity contribution in [1.82, 2.24) is 0 Å². The van der Waals surface area contributed by atoms with Crippen molar-refractivity contribution in [2.75, 3.05) is 18.0 Å². The molecule has 0 atom stereocenters. The maximum Gasteiger partial charge on any atom is 0.0372 e. The lowest BCUT2D eigenvalue weighted by molar-refractivity contribution is 0.609. The molecule has 0 unspecified atom stereocenters. The molecule has 0 saturated heterocycles. The van der Waals surface area contributed by atoms with Crippen molar-refractivity contribution in [3.8, 4) is 0 Å². The Morgan fingerprint density at radius 2 is 1.53 bits per heavy atom. The van der Waals surface area contributed by atoms with Gasteiger partial charge in [-0.25, -0.2) is 0 Å². The van der Waals surface area contributed by atoms with Crippen LogP contribution in [0.1, 0.15) is 65.2 Å². The van der Waals surface area contributed by atoms with E-state index in [9.17, 15) is 0 Å². The lowest BCUT2D eigenvalue weighted by Gasteiger charge is -2.25. The fourth-order valence-corrected chi connectivity index (χ4v) is 2.41. The Balaban J connectivity index is 2.39. The van der Waals surface area contributed by atoms with Gasteiger partial charge in [0.05, 0.1) is 0 Å². The Labute approximate surface area is 120 Å². The van der Waals surface area contributed by atoms with Crippen LogP contribution in [0, 0.1) is 6.07 Å². The summed E-state index contributed by atoms with van der Waals surface area (Å²) in [5, 5.41) is 0. The normalized spacial score (nSPS) is 10.6. The minimum atomic E-state index is 1.20. The molecule has 107 valence electrons. The largest absolute Gasteiger partial charge is 0.372 e. The summed E-state index contributed by atoms with van der Waals surface area (Å²) in [6.07, 6.45) is 10.7. The molecule has 0 aromatic heterocycles. The van der Waals surface area contributed by atoms with E-state index in [-0.39, 0.29) is 0 Å². The molecule has 1 heteroatoms. The third-order valence-corrected chi connectivity index (χ3v) is 3.62. The van der Waals surface area contributed by atoms with Crippen molar-refractivity contribution in [2.45, 2.75) is 65.2 Å². The van der Waals surface area contributed by atoms with Crippen LogP contribution in [0.4, 0.5) is 5.69 Å². The molecule has 0 heterocycles. The second-order valence-electron chi connectivity index (χ2n) is 5.37. The number of hydrogen-bond donors (Lipinski definition) is 0. The fraction of sp³-hybridized carbons (Fsp3) is 0.667. The van der Waals surface area contributed by atoms with Gasteiger partial charge in [-0.1, -0.05) is 64.5 Å². The summed E-state index contributed by atoms with van der Waals surface area (Å²) < 4.78 is 0. The molecule has 0 spiro atoms. The van der Waals surface area contributed by atoms with Crippen molar-refractivity contribution in [3.05, 3.63) is 30.3 Å². The van der Waals surface area contributed by atoms with E-state index in [0.29, 0.717) is 0 Å². The third kappa shape index (κ3) is 7.25. The van der Waals surface area contributed by atoms with E-state index >= 15 is 0 Å². The van der Waals surface area contributed by atoms with Crippen LogP contribution in [0.3, 0.4) is 0 Å². The van der Waals surface area contributed by atoms with Crippen LogP contribution in [-0.4, -0.2) is 13.1 Å². The first-order valence-electron chi connectivity index (χ1n) is 8.09. The lowest BCUT2D eigenvalue weighted by atomic mass is 10.1. The molecule has 0 amide bonds. The highest BCUT2D eigenvalue weighted by Crippen LogP contribution is 2.16. The summed E-state index contributed by atoms with van der Waals surface area (Å²) in [6.45, 7) is 6.94. The van der Waals surface area contributed by atoms with E-state index in [2.05, 4.69) is 43.0 Å². The molecule has 1 radical (unpaired) electrons. The topological polar surface area (TPSA) is 3.24 Å². The van der Waals surface area contributed by atoms with E-state index in [4.69, 9.17) is 0 Å². The fourth-order valence-electron chi connectivity index (χ4n) is 2.41. The molecule has 0 bridgehead atoms. The predicted octanol–water partition coefficient (Wildman–Crippen LogP) is 5.45. The highest BCUT2D eigenvalue weighted by atomic mass is 15.1. The number of unbranched alkanes of at least 4 members (excludes halogenated alkanes) is 6. The van der Waals surface area contributed by atoms with Crippen molar-refractivity contribution >= 4 is 5.69 Å². The van der Waals surface area contributed by atoms with Gasteiger partial charge in [-0.15, -0.1) is 0 Å². The van der Waals surface area contributed by atoms with Gasteiger partial charge in [0, 0.05) is 18.8 Å². The van der Waals surface area contributed by atoms with Gasteiger partial charge in [-0.3, -0.25) is 0 Å². The number of hydrogen-bond acceptors (Lipinski definition) is 1. The maximum absolute atomic E-state index is 3.20. The summed E-state index contributed by atoms with van der Waals surface area (Å²) >= 11 is 0. The Morgan fingerprint density at radius 1 is 0.895 bits per heavy atom. The molecule has 1 aromatic carbocycles. The van der Waals surface area contributed by atoms with Gasteiger partial charge >= 0.3 is 0 Å². The highest BCUT2D eigenvalue weighted by molar-refractivity contribution is 5.45. The number of rotatable bonds is 11. The molecule has 0 aliphatic carbocycles. The van der Waals surface area contributed by atoms with E-state index in [0.717, 1.165) is 0 Å². The highest BCUT2D eigenvalue weighted by Gasteiger charge is 2.05. The molecule has 1 rings (SSSR count). The molecule has 0 aliphatic heterocycles. The molecule has 1 nitrogen and oxygen atoms in total. The Morgan fingerprint density at radius 3 is 2.00 bits per heavy atom. The first-order chi connectivity index (χ1) is 9.38. The van der Waals surface area contributed by atoms with E-state index in [1.165, 1.54) is 70.1 Å². The molecular weight excluding hydrogens is 230 g/mol. The first kappa shape index (κ1) is 16.1. The van der Waals surface area contributed by atoms with Crippen LogP contribution < -0.4 is 4.90 Å². The smallest absolute Gasteiger partial charge is 0.0372 e. The van der Waals surface area contributed by atoms with Crippen molar-refractivity contribution < 1.29 is 0 Å². The second kappa shape index (κ2) is 10.9. The van der Waals surface area contributed by atoms with Crippen LogP contribution in [0.2, 0.25) is 0 Å². The summed E-state index contributed by atoms with van der Waals surface area (Å²) in [4.78, 5) is 2.54. The van der Waals surface area contributed by atoms with Crippen molar-refractivity contribution in [2.24, 2.45) is 0 Å². The Bertz CT molecular complexity index is 282. The zero-order valence-electron chi connectivity index (χ0n) is 12.8. The lowest BCUT2D eigenvalue weighted by Crippen LogP contribution is -2.25. The van der Waals surface area contributed by atoms with Crippen LogP contribution in [0.25, 0.3) is 0 Å². The van der Waals surface area contributed by atoms with Crippen LogP contribution in [-0.2, 0) is 0 Å². The van der Waals surface area contributed by atoms with Crippen LogP contribution >= 0.6 is 0 Å². The molecule has 19 heavy (non-hydrogen) atoms. The van der Waals surface area contributed by atoms with Gasteiger partial charge in [-0.2, -0.15) is 0 Å². The summed E-state index contributed by atoms with van der Waals surface area (Å²) in [7, 11) is 0. The van der Waals surface area contributed by atoms with Gasteiger partial charge in [0.15, 0.2) is 0 Å². The van der Waals surface area contributed by atoms with Crippen LogP contribution in [0.5, 0.6) is 0 Å². The van der Waals surface area contributed by atoms with Crippen molar-refractivity contribution in [1.29, 1.82) is 0 Å². The molecule has 0 fully saturated rings. The Hall–Kier alpha value is -0.980. The minimum Gasteiger partial charge on any atom is -0.372 e. The number of anilines is 1. The average Bonchev–Trinajstić information content (AvgIpc) is 2.46. The number of benzene rings is 1. The molecule has 0 saturated carbocycles. The van der Waals surface area contributed by atoms with E-state index in [1.54, 1.807) is 0 Å². The molecule has 0 aliphatic rings. The van der Waals surface area contributed by atoms with Gasteiger partial charge in [-0.05, 0) is 31.0 Å². The quantitative estimate of drug-likeness (QED) is 0.478. The standard InChI is InChI=1S/C18H30N/c1-3-5-7-12-16-19(17-13-8-6-4-2)18-14-10-9-11-15-18/h9-10,14-15H,3-8,12-13,16-17H2,1-2H3. The van der Waals surface area contributed by atoms with Crippen molar-refractivity contribution in [3.63, 3.8) is 0 Å². The zero-order valence-corrected chi connectivity index (χ0v) is 12.8.